The lowest BCUT2D eigenvalue weighted by atomic mass is 9.69. The fourth-order valence-corrected chi connectivity index (χ4v) is 7.59. The summed E-state index contributed by atoms with van der Waals surface area (Å²) in [6.07, 6.45) is 3.05. The van der Waals surface area contributed by atoms with Gasteiger partial charge in [0.25, 0.3) is 11.6 Å². The van der Waals surface area contributed by atoms with Gasteiger partial charge in [-0.05, 0) is 35.9 Å². The number of aromatic nitrogens is 1. The predicted molar refractivity (Wildman–Crippen MR) is 127 cm³/mol. The highest BCUT2D eigenvalue weighted by Crippen LogP contribution is 2.52. The number of anilines is 1. The van der Waals surface area contributed by atoms with E-state index in [2.05, 4.69) is 10.3 Å². The number of hydrogen-bond donors (Lipinski definition) is 2. The maximum atomic E-state index is 14.5. The highest BCUT2D eigenvalue weighted by Gasteiger charge is 2.73. The number of hydrogen-bond acceptors (Lipinski definition) is 6. The van der Waals surface area contributed by atoms with Crippen LogP contribution in [0.25, 0.3) is 0 Å². The van der Waals surface area contributed by atoms with Crippen LogP contribution in [0.3, 0.4) is 0 Å². The van der Waals surface area contributed by atoms with E-state index in [-0.39, 0.29) is 23.4 Å². The van der Waals surface area contributed by atoms with E-state index in [0.717, 1.165) is 10.5 Å². The van der Waals surface area contributed by atoms with Gasteiger partial charge in [-0.1, -0.05) is 23.9 Å². The summed E-state index contributed by atoms with van der Waals surface area (Å²) in [5, 5.41) is 14.1. The fraction of sp³-hybridized carbons (Fsp3) is 0.240. The number of nitro groups is 1. The molecule has 176 valence electrons. The maximum absolute atomic E-state index is 14.5. The van der Waals surface area contributed by atoms with E-state index >= 15 is 0 Å². The van der Waals surface area contributed by atoms with E-state index in [1.807, 2.05) is 0 Å². The molecule has 0 radical (unpaired) electrons. The van der Waals surface area contributed by atoms with Crippen LogP contribution in [0.15, 0.2) is 67.0 Å². The summed E-state index contributed by atoms with van der Waals surface area (Å²) in [7, 11) is 0. The smallest absolute Gasteiger partial charge is 0.291 e. The molecule has 8 nitrogen and oxygen atoms in total. The molecule has 6 rings (SSSR count). The van der Waals surface area contributed by atoms with E-state index in [1.54, 1.807) is 48.3 Å². The Morgan fingerprint density at radius 2 is 2.03 bits per heavy atom. The van der Waals surface area contributed by atoms with Crippen LogP contribution in [0.5, 0.6) is 0 Å². The summed E-state index contributed by atoms with van der Waals surface area (Å²) >= 11 is 1.68. The number of fused-ring (bicyclic) bond motifs is 4. The fourth-order valence-electron chi connectivity index (χ4n) is 6.14. The number of quaternary nitrogens is 1. The van der Waals surface area contributed by atoms with Crippen molar-refractivity contribution in [1.29, 1.82) is 0 Å². The van der Waals surface area contributed by atoms with Crippen molar-refractivity contribution in [2.24, 2.45) is 5.92 Å². The van der Waals surface area contributed by atoms with Gasteiger partial charge in [-0.2, -0.15) is 0 Å². The largest absolute Gasteiger partial charge is 0.320 e. The number of halogens is 1. The van der Waals surface area contributed by atoms with Gasteiger partial charge in [-0.25, -0.2) is 4.39 Å². The number of carbonyl (C=O) groups is 2. The molecule has 2 N–H and O–H groups in total. The van der Waals surface area contributed by atoms with Crippen molar-refractivity contribution in [3.63, 3.8) is 0 Å². The number of nitrogens with one attached hydrogen (secondary N) is 2. The molecule has 2 saturated heterocycles. The summed E-state index contributed by atoms with van der Waals surface area (Å²) in [6, 6.07) is 13.6. The van der Waals surface area contributed by atoms with E-state index < -0.39 is 28.1 Å². The molecule has 1 spiro atoms. The average Bonchev–Trinajstić information content (AvgIpc) is 3.53. The number of nitrogens with zero attached hydrogens (tertiary/aromatic N) is 2. The highest BCUT2D eigenvalue weighted by molar-refractivity contribution is 7.99. The minimum Gasteiger partial charge on any atom is -0.320 e. The summed E-state index contributed by atoms with van der Waals surface area (Å²) in [5.41, 5.74) is 0.731. The number of Topliss-reactive ketones (excluding diaryl/α,β-unsaturated/α-hetero) is 1. The van der Waals surface area contributed by atoms with Gasteiger partial charge in [0, 0.05) is 35.7 Å². The highest BCUT2D eigenvalue weighted by atomic mass is 32.2. The number of ketones is 1. The topological polar surface area (TPSA) is 107 Å². The second-order valence-electron chi connectivity index (χ2n) is 9.06. The van der Waals surface area contributed by atoms with Crippen LogP contribution in [0.4, 0.5) is 15.8 Å². The molecule has 0 saturated carbocycles. The Morgan fingerprint density at radius 1 is 1.23 bits per heavy atom. The first-order chi connectivity index (χ1) is 16.9. The Bertz CT molecular complexity index is 1370. The van der Waals surface area contributed by atoms with Crippen molar-refractivity contribution < 1.29 is 23.8 Å². The standard InChI is InChI=1S/C25H19FN4O4S/c26-16-5-8-19-18(10-16)25(24(32)28-19)22(23(31)15-2-1-9-27-11-15)21(20-12-35-13-29(20)25)14-3-6-17(7-4-14)30(33)34/h1-11,20-22H,12-13H2,(H,28,32)/p+1/t20-,21-,22+,25-/m0/s1. The summed E-state index contributed by atoms with van der Waals surface area (Å²) in [5.74, 6) is -1.03. The number of non-ortho nitro benzene ring substituents is 1. The first-order valence-electron chi connectivity index (χ1n) is 11.2. The van der Waals surface area contributed by atoms with E-state index in [1.165, 1.54) is 30.5 Å². The lowest BCUT2D eigenvalue weighted by molar-refractivity contribution is -0.941. The zero-order valence-corrected chi connectivity index (χ0v) is 19.1. The van der Waals surface area contributed by atoms with Crippen molar-refractivity contribution in [3.05, 3.63) is 99.6 Å². The van der Waals surface area contributed by atoms with Crippen molar-refractivity contribution in [3.8, 4) is 0 Å². The molecule has 1 amide bonds. The third-order valence-electron chi connectivity index (χ3n) is 7.50. The molecule has 4 heterocycles. The molecular formula is C25H20FN4O4S+. The number of rotatable bonds is 4. The van der Waals surface area contributed by atoms with Crippen LogP contribution in [-0.4, -0.2) is 39.3 Å². The normalized spacial score (nSPS) is 28.5. The molecular weight excluding hydrogens is 471 g/mol. The molecule has 0 bridgehead atoms. The molecule has 10 heteroatoms. The molecule has 0 aliphatic carbocycles. The Hall–Kier alpha value is -3.63. The molecule has 3 aliphatic heterocycles. The van der Waals surface area contributed by atoms with Gasteiger partial charge in [0.15, 0.2) is 5.78 Å². The van der Waals surface area contributed by atoms with Crippen LogP contribution < -0.4 is 10.2 Å². The van der Waals surface area contributed by atoms with Crippen molar-refractivity contribution >= 4 is 34.8 Å². The van der Waals surface area contributed by atoms with Crippen LogP contribution in [-0.2, 0) is 10.3 Å². The number of pyridine rings is 1. The van der Waals surface area contributed by atoms with E-state index in [4.69, 9.17) is 0 Å². The Labute approximate surface area is 203 Å². The van der Waals surface area contributed by atoms with Gasteiger partial charge in [-0.3, -0.25) is 24.7 Å². The quantitative estimate of drug-likeness (QED) is 0.330. The summed E-state index contributed by atoms with van der Waals surface area (Å²) in [4.78, 5) is 43.8. The second-order valence-corrected chi connectivity index (χ2v) is 10.1. The van der Waals surface area contributed by atoms with E-state index in [9.17, 15) is 24.1 Å². The van der Waals surface area contributed by atoms with Gasteiger partial charge in [0.05, 0.1) is 22.3 Å². The van der Waals surface area contributed by atoms with E-state index in [0.29, 0.717) is 28.4 Å². The molecule has 2 aromatic carbocycles. The van der Waals surface area contributed by atoms with Crippen molar-refractivity contribution in [2.75, 3.05) is 16.9 Å². The monoisotopic (exact) mass is 491 g/mol. The van der Waals surface area contributed by atoms with Gasteiger partial charge in [0.2, 0.25) is 5.54 Å². The Kier molecular flexibility index (Phi) is 4.97. The second kappa shape index (κ2) is 7.96. The minimum absolute atomic E-state index is 0.0485. The molecule has 2 fully saturated rings. The number of amides is 1. The first kappa shape index (κ1) is 21.9. The molecule has 3 aromatic rings. The minimum atomic E-state index is -1.33. The average molecular weight is 492 g/mol. The SMILES string of the molecule is O=C(c1cccnc1)[C@H]1[C@@H](c2ccc([N+](=O)[O-])cc2)[C@@H]2CSC[NH+]2[C@]12C(=O)Nc1ccc(F)cc12. The molecule has 5 atom stereocenters. The van der Waals surface area contributed by atoms with Crippen LogP contribution in [0.1, 0.15) is 27.4 Å². The lowest BCUT2D eigenvalue weighted by Crippen LogP contribution is -3.19. The zero-order chi connectivity index (χ0) is 24.3. The van der Waals surface area contributed by atoms with Crippen LogP contribution >= 0.6 is 11.8 Å². The molecule has 35 heavy (non-hydrogen) atoms. The molecule has 1 unspecified atom stereocenters. The van der Waals surface area contributed by atoms with Crippen LogP contribution in [0, 0.1) is 21.8 Å². The van der Waals surface area contributed by atoms with Crippen LogP contribution in [0.2, 0.25) is 0 Å². The zero-order valence-electron chi connectivity index (χ0n) is 18.3. The van der Waals surface area contributed by atoms with Crippen molar-refractivity contribution in [2.45, 2.75) is 17.5 Å². The molecule has 3 aliphatic rings. The predicted octanol–water partition coefficient (Wildman–Crippen LogP) is 2.53. The Balaban J connectivity index is 1.60. The Morgan fingerprint density at radius 3 is 2.74 bits per heavy atom. The van der Waals surface area contributed by atoms with Gasteiger partial charge >= 0.3 is 0 Å². The van der Waals surface area contributed by atoms with Gasteiger partial charge < -0.3 is 10.2 Å². The third-order valence-corrected chi connectivity index (χ3v) is 8.61. The number of thioether (sulfide) groups is 1. The number of benzene rings is 2. The third kappa shape index (κ3) is 3.06. The van der Waals surface area contributed by atoms with Gasteiger partial charge in [-0.15, -0.1) is 0 Å². The van der Waals surface area contributed by atoms with Crippen molar-refractivity contribution in [1.82, 2.24) is 4.98 Å². The number of carbonyl (C=O) groups excluding carboxylic acids is 2. The molecule has 1 aromatic heterocycles. The van der Waals surface area contributed by atoms with Gasteiger partial charge in [0.1, 0.15) is 23.7 Å². The maximum Gasteiger partial charge on any atom is 0.291 e. The summed E-state index contributed by atoms with van der Waals surface area (Å²) < 4.78 is 14.5. The first-order valence-corrected chi connectivity index (χ1v) is 12.3. The number of nitro benzene ring substituents is 1. The summed E-state index contributed by atoms with van der Waals surface area (Å²) in [6.45, 7) is 0. The lowest BCUT2D eigenvalue weighted by Gasteiger charge is -2.33.